The zero-order valence-electron chi connectivity index (χ0n) is 14.6. The second kappa shape index (κ2) is 6.99. The molecule has 0 spiro atoms. The molecular weight excluding hydrogens is 386 g/mol. The fraction of sp³-hybridized carbons (Fsp3) is 0.211. The van der Waals surface area contributed by atoms with E-state index < -0.39 is 10.0 Å². The Morgan fingerprint density at radius 2 is 1.81 bits per heavy atom. The Balaban J connectivity index is 1.66. The fourth-order valence-corrected chi connectivity index (χ4v) is 4.75. The molecule has 0 amide bonds. The number of nitrogens with zero attached hydrogens (tertiary/aromatic N) is 2. The lowest BCUT2D eigenvalue weighted by atomic mass is 10.0. The lowest BCUT2D eigenvalue weighted by molar-refractivity contribution is 0.390. The van der Waals surface area contributed by atoms with Crippen LogP contribution in [-0.4, -0.2) is 36.6 Å². The van der Waals surface area contributed by atoms with E-state index in [1.165, 1.54) is 4.31 Å². The lowest BCUT2D eigenvalue weighted by Crippen LogP contribution is -2.35. The number of hydrogen-bond donors (Lipinski definition) is 1. The third-order valence-corrected chi connectivity index (χ3v) is 6.82. The summed E-state index contributed by atoms with van der Waals surface area (Å²) in [7, 11) is -2.05. The molecule has 27 heavy (non-hydrogen) atoms. The second-order valence-electron chi connectivity index (χ2n) is 6.30. The van der Waals surface area contributed by atoms with Crippen molar-refractivity contribution in [2.24, 2.45) is 0 Å². The van der Waals surface area contributed by atoms with Gasteiger partial charge in [-0.05, 0) is 36.4 Å². The average molecular weight is 404 g/mol. The molecule has 0 unspecified atom stereocenters. The second-order valence-corrected chi connectivity index (χ2v) is 8.67. The number of benzene rings is 2. The van der Waals surface area contributed by atoms with Gasteiger partial charge in [0.1, 0.15) is 5.75 Å². The molecule has 6 nitrogen and oxygen atoms in total. The molecular formula is C19H18ClN3O3S. The van der Waals surface area contributed by atoms with E-state index in [-0.39, 0.29) is 11.4 Å². The number of methoxy groups -OCH3 is 1. The van der Waals surface area contributed by atoms with Crippen LogP contribution in [0.3, 0.4) is 0 Å². The maximum Gasteiger partial charge on any atom is 0.243 e. The van der Waals surface area contributed by atoms with Gasteiger partial charge in [0, 0.05) is 41.4 Å². The van der Waals surface area contributed by atoms with Crippen LogP contribution < -0.4 is 4.74 Å². The first-order chi connectivity index (χ1) is 13.0. The number of fused-ring (bicyclic) bond motifs is 1. The minimum absolute atomic E-state index is 0.253. The molecule has 1 aliphatic heterocycles. The average Bonchev–Trinajstić information content (AvgIpc) is 3.12. The van der Waals surface area contributed by atoms with Gasteiger partial charge in [0.15, 0.2) is 0 Å². The zero-order valence-corrected chi connectivity index (χ0v) is 16.2. The van der Waals surface area contributed by atoms with E-state index >= 15 is 0 Å². The third-order valence-electron chi connectivity index (χ3n) is 4.71. The summed E-state index contributed by atoms with van der Waals surface area (Å²) in [6.45, 7) is 0.682. The van der Waals surface area contributed by atoms with Gasteiger partial charge in [-0.15, -0.1) is 0 Å². The van der Waals surface area contributed by atoms with Crippen LogP contribution in [-0.2, 0) is 23.0 Å². The summed E-state index contributed by atoms with van der Waals surface area (Å²) in [5, 5.41) is 8.09. The summed E-state index contributed by atoms with van der Waals surface area (Å²) in [5.74, 6) is 0.620. The number of aromatic amines is 1. The number of hydrogen-bond acceptors (Lipinski definition) is 4. The van der Waals surface area contributed by atoms with Crippen molar-refractivity contribution in [3.8, 4) is 17.0 Å². The van der Waals surface area contributed by atoms with Crippen molar-refractivity contribution in [3.05, 3.63) is 64.8 Å². The Morgan fingerprint density at radius 3 is 2.48 bits per heavy atom. The highest BCUT2D eigenvalue weighted by atomic mass is 35.5. The third kappa shape index (κ3) is 3.34. The summed E-state index contributed by atoms with van der Waals surface area (Å²) in [4.78, 5) is 0.253. The van der Waals surface area contributed by atoms with Crippen LogP contribution in [0.4, 0.5) is 0 Å². The molecule has 4 rings (SSSR count). The summed E-state index contributed by atoms with van der Waals surface area (Å²) in [6.07, 6.45) is 0.589. The zero-order chi connectivity index (χ0) is 19.0. The largest absolute Gasteiger partial charge is 0.497 e. The number of halogens is 1. The van der Waals surface area contributed by atoms with Crippen LogP contribution in [0.2, 0.25) is 5.02 Å². The number of H-pyrrole nitrogens is 1. The van der Waals surface area contributed by atoms with E-state index in [2.05, 4.69) is 10.2 Å². The standard InChI is InChI=1S/C19H18ClN3O3S/c1-26-15-6-8-16(9-7-15)27(24,25)23-11-10-18-17(12-23)19(22-21-18)13-2-4-14(20)5-3-13/h2-9H,10-12H2,1H3,(H,21,22). The van der Waals surface area contributed by atoms with Gasteiger partial charge in [-0.2, -0.15) is 9.40 Å². The van der Waals surface area contributed by atoms with Gasteiger partial charge in [-0.25, -0.2) is 8.42 Å². The Kier molecular flexibility index (Phi) is 4.67. The Labute approximate surface area is 162 Å². The highest BCUT2D eigenvalue weighted by Gasteiger charge is 2.31. The molecule has 0 aliphatic carbocycles. The summed E-state index contributed by atoms with van der Waals surface area (Å²) in [6, 6.07) is 13.8. The first kappa shape index (κ1) is 18.0. The van der Waals surface area contributed by atoms with E-state index in [1.54, 1.807) is 43.5 Å². The van der Waals surface area contributed by atoms with Gasteiger partial charge in [0.2, 0.25) is 10.0 Å². The van der Waals surface area contributed by atoms with Gasteiger partial charge >= 0.3 is 0 Å². The normalized spacial score (nSPS) is 14.7. The molecule has 0 saturated carbocycles. The van der Waals surface area contributed by atoms with Gasteiger partial charge in [0.25, 0.3) is 0 Å². The minimum atomic E-state index is -3.60. The molecule has 0 atom stereocenters. The molecule has 8 heteroatoms. The molecule has 0 radical (unpaired) electrons. The molecule has 140 valence electrons. The minimum Gasteiger partial charge on any atom is -0.497 e. The molecule has 0 saturated heterocycles. The predicted octanol–water partition coefficient (Wildman–Crippen LogP) is 3.49. The van der Waals surface area contributed by atoms with Crippen LogP contribution in [0.5, 0.6) is 5.75 Å². The van der Waals surface area contributed by atoms with E-state index in [1.807, 2.05) is 12.1 Å². The molecule has 1 aromatic heterocycles. The quantitative estimate of drug-likeness (QED) is 0.723. The highest BCUT2D eigenvalue weighted by Crippen LogP contribution is 2.31. The van der Waals surface area contributed by atoms with Crippen molar-refractivity contribution in [1.29, 1.82) is 0 Å². The maximum absolute atomic E-state index is 13.0. The molecule has 1 aliphatic rings. The Morgan fingerprint density at radius 1 is 1.11 bits per heavy atom. The van der Waals surface area contributed by atoms with Crippen LogP contribution in [0.25, 0.3) is 11.3 Å². The van der Waals surface area contributed by atoms with Gasteiger partial charge < -0.3 is 4.74 Å². The number of ether oxygens (including phenoxy) is 1. The lowest BCUT2D eigenvalue weighted by Gasteiger charge is -2.26. The van der Waals surface area contributed by atoms with Crippen molar-refractivity contribution in [3.63, 3.8) is 0 Å². The van der Waals surface area contributed by atoms with Gasteiger partial charge in [-0.1, -0.05) is 23.7 Å². The van der Waals surface area contributed by atoms with Crippen LogP contribution in [0.15, 0.2) is 53.4 Å². The summed E-state index contributed by atoms with van der Waals surface area (Å²) in [5.41, 5.74) is 3.54. The molecule has 3 aromatic rings. The monoisotopic (exact) mass is 403 g/mol. The first-order valence-corrected chi connectivity index (χ1v) is 10.3. The van der Waals surface area contributed by atoms with Crippen LogP contribution in [0, 0.1) is 0 Å². The van der Waals surface area contributed by atoms with E-state index in [9.17, 15) is 8.42 Å². The molecule has 2 aromatic carbocycles. The van der Waals surface area contributed by atoms with E-state index in [0.717, 1.165) is 22.5 Å². The molecule has 1 N–H and O–H groups in total. The number of rotatable bonds is 4. The molecule has 0 bridgehead atoms. The van der Waals surface area contributed by atoms with Gasteiger partial charge in [-0.3, -0.25) is 5.10 Å². The topological polar surface area (TPSA) is 75.3 Å². The van der Waals surface area contributed by atoms with E-state index in [0.29, 0.717) is 23.7 Å². The van der Waals surface area contributed by atoms with Crippen LogP contribution in [0.1, 0.15) is 11.3 Å². The predicted molar refractivity (Wildman–Crippen MR) is 103 cm³/mol. The molecule has 0 fully saturated rings. The Hall–Kier alpha value is -2.35. The van der Waals surface area contributed by atoms with Crippen LogP contribution >= 0.6 is 11.6 Å². The SMILES string of the molecule is COc1ccc(S(=O)(=O)N2CCc3[nH]nc(-c4ccc(Cl)cc4)c3C2)cc1. The summed E-state index contributed by atoms with van der Waals surface area (Å²) < 4.78 is 32.7. The summed E-state index contributed by atoms with van der Waals surface area (Å²) >= 11 is 5.96. The van der Waals surface area contributed by atoms with Crippen molar-refractivity contribution in [2.45, 2.75) is 17.9 Å². The first-order valence-electron chi connectivity index (χ1n) is 8.45. The highest BCUT2D eigenvalue weighted by molar-refractivity contribution is 7.89. The Bertz CT molecular complexity index is 1060. The molecule has 2 heterocycles. The van der Waals surface area contributed by atoms with Gasteiger partial charge in [0.05, 0.1) is 17.7 Å². The van der Waals surface area contributed by atoms with Crippen molar-refractivity contribution in [2.75, 3.05) is 13.7 Å². The number of aromatic nitrogens is 2. The van der Waals surface area contributed by atoms with Crippen molar-refractivity contribution in [1.82, 2.24) is 14.5 Å². The van der Waals surface area contributed by atoms with E-state index in [4.69, 9.17) is 16.3 Å². The van der Waals surface area contributed by atoms with Crippen molar-refractivity contribution >= 4 is 21.6 Å². The number of sulfonamides is 1. The number of nitrogens with one attached hydrogen (secondary N) is 1. The van der Waals surface area contributed by atoms with Crippen molar-refractivity contribution < 1.29 is 13.2 Å². The maximum atomic E-state index is 13.0. The smallest absolute Gasteiger partial charge is 0.243 e. The fourth-order valence-electron chi connectivity index (χ4n) is 3.22.